The fourth-order valence-corrected chi connectivity index (χ4v) is 1.28. The quantitative estimate of drug-likeness (QED) is 0.843. The van der Waals surface area contributed by atoms with Crippen LogP contribution < -0.4 is 15.0 Å². The average Bonchev–Trinajstić information content (AvgIpc) is 2.14. The van der Waals surface area contributed by atoms with E-state index in [1.807, 2.05) is 4.98 Å². The van der Waals surface area contributed by atoms with Gasteiger partial charge in [-0.05, 0) is 0 Å². The van der Waals surface area contributed by atoms with E-state index in [1.165, 1.54) is 7.11 Å². The van der Waals surface area contributed by atoms with Crippen LogP contribution in [0.4, 0.5) is 13.2 Å². The van der Waals surface area contributed by atoms with Gasteiger partial charge in [-0.15, -0.1) is 24.8 Å². The summed E-state index contributed by atoms with van der Waals surface area (Å²) in [5.41, 5.74) is -0.716. The molecule has 0 saturated heterocycles. The smallest absolute Gasteiger partial charge is 0.491 e. The van der Waals surface area contributed by atoms with Crippen LogP contribution in [-0.2, 0) is 5.88 Å². The van der Waals surface area contributed by atoms with Crippen LogP contribution in [0.1, 0.15) is 5.56 Å². The maximum Gasteiger partial charge on any atom is 0.574 e. The normalized spacial score (nSPS) is 11.3. The first-order chi connectivity index (χ1) is 7.37. The molecule has 16 heavy (non-hydrogen) atoms. The van der Waals surface area contributed by atoms with Gasteiger partial charge in [0.1, 0.15) is 0 Å². The maximum absolute atomic E-state index is 11.9. The Morgan fingerprint density at radius 3 is 2.56 bits per heavy atom. The molecule has 0 aliphatic rings. The molecule has 4 nitrogen and oxygen atoms in total. The van der Waals surface area contributed by atoms with Crippen molar-refractivity contribution >= 4 is 11.6 Å². The van der Waals surface area contributed by atoms with Crippen molar-refractivity contribution in [2.24, 2.45) is 0 Å². The Kier molecular flexibility index (Phi) is 3.69. The number of rotatable bonds is 3. The number of alkyl halides is 4. The number of hydrogen-bond acceptors (Lipinski definition) is 3. The topological polar surface area (TPSA) is 51.3 Å². The second-order valence-electron chi connectivity index (χ2n) is 2.70. The molecule has 0 atom stereocenters. The monoisotopic (exact) mass is 257 g/mol. The third-order valence-corrected chi connectivity index (χ3v) is 1.90. The standard InChI is InChI=1S/C8H7ClF3NO3/c1-15-6-4(3-9)2-5(13-7(6)14)16-8(10,11)12/h2H,3H2,1H3,(H,13,14). The van der Waals surface area contributed by atoms with E-state index in [9.17, 15) is 18.0 Å². The molecule has 0 unspecified atom stereocenters. The van der Waals surface area contributed by atoms with E-state index in [4.69, 9.17) is 11.6 Å². The third kappa shape index (κ3) is 3.06. The summed E-state index contributed by atoms with van der Waals surface area (Å²) in [7, 11) is 1.21. The number of methoxy groups -OCH3 is 1. The number of halogens is 4. The fourth-order valence-electron chi connectivity index (χ4n) is 1.08. The predicted molar refractivity (Wildman–Crippen MR) is 49.9 cm³/mol. The Morgan fingerprint density at radius 1 is 1.50 bits per heavy atom. The first-order valence-electron chi connectivity index (χ1n) is 3.99. The van der Waals surface area contributed by atoms with E-state index < -0.39 is 17.8 Å². The van der Waals surface area contributed by atoms with Crippen LogP contribution in [0.15, 0.2) is 10.9 Å². The van der Waals surface area contributed by atoms with Crippen LogP contribution in [0.3, 0.4) is 0 Å². The molecule has 1 heterocycles. The van der Waals surface area contributed by atoms with E-state index in [-0.39, 0.29) is 17.2 Å². The Labute approximate surface area is 92.9 Å². The molecule has 1 rings (SSSR count). The number of nitrogens with one attached hydrogen (secondary N) is 1. The molecule has 0 fully saturated rings. The molecule has 1 aromatic rings. The number of H-pyrrole nitrogens is 1. The summed E-state index contributed by atoms with van der Waals surface area (Å²) in [6, 6.07) is 0.959. The number of ether oxygens (including phenoxy) is 2. The minimum Gasteiger partial charge on any atom is -0.491 e. The highest BCUT2D eigenvalue weighted by atomic mass is 35.5. The van der Waals surface area contributed by atoms with Crippen molar-refractivity contribution in [1.29, 1.82) is 0 Å². The van der Waals surface area contributed by atoms with Gasteiger partial charge < -0.3 is 9.47 Å². The molecular weight excluding hydrogens is 251 g/mol. The van der Waals surface area contributed by atoms with Crippen molar-refractivity contribution in [3.63, 3.8) is 0 Å². The number of aromatic nitrogens is 1. The van der Waals surface area contributed by atoms with Crippen LogP contribution in [0, 0.1) is 0 Å². The lowest BCUT2D eigenvalue weighted by Crippen LogP contribution is -2.21. The molecule has 0 spiro atoms. The van der Waals surface area contributed by atoms with Gasteiger partial charge in [-0.1, -0.05) is 0 Å². The summed E-state index contributed by atoms with van der Waals surface area (Å²) in [6.45, 7) is 0. The largest absolute Gasteiger partial charge is 0.574 e. The zero-order valence-electron chi connectivity index (χ0n) is 8.02. The Balaban J connectivity index is 3.16. The molecule has 0 amide bonds. The summed E-state index contributed by atoms with van der Waals surface area (Å²) in [5.74, 6) is -1.03. The number of pyridine rings is 1. The molecule has 0 aliphatic heterocycles. The van der Waals surface area contributed by atoms with Gasteiger partial charge in [0.2, 0.25) is 5.88 Å². The molecule has 1 aromatic heterocycles. The van der Waals surface area contributed by atoms with Crippen molar-refractivity contribution in [3.05, 3.63) is 22.0 Å². The van der Waals surface area contributed by atoms with Gasteiger partial charge in [0, 0.05) is 11.6 Å². The minimum atomic E-state index is -4.87. The lowest BCUT2D eigenvalue weighted by molar-refractivity contribution is -0.276. The third-order valence-electron chi connectivity index (χ3n) is 1.61. The average molecular weight is 258 g/mol. The van der Waals surface area contributed by atoms with Gasteiger partial charge in [-0.2, -0.15) is 0 Å². The van der Waals surface area contributed by atoms with E-state index >= 15 is 0 Å². The van der Waals surface area contributed by atoms with Gasteiger partial charge >= 0.3 is 6.36 Å². The molecule has 0 aliphatic carbocycles. The Morgan fingerprint density at radius 2 is 2.12 bits per heavy atom. The molecule has 0 radical (unpaired) electrons. The van der Waals surface area contributed by atoms with E-state index in [1.54, 1.807) is 0 Å². The zero-order valence-corrected chi connectivity index (χ0v) is 8.78. The second kappa shape index (κ2) is 4.65. The van der Waals surface area contributed by atoms with Crippen LogP contribution in [0.5, 0.6) is 11.6 Å². The van der Waals surface area contributed by atoms with Crippen LogP contribution >= 0.6 is 11.6 Å². The SMILES string of the molecule is COc1c(CCl)cc(OC(F)(F)F)[nH]c1=O. The van der Waals surface area contributed by atoms with Gasteiger partial charge in [0.25, 0.3) is 5.56 Å². The number of aromatic amines is 1. The van der Waals surface area contributed by atoms with E-state index in [0.29, 0.717) is 0 Å². The summed E-state index contributed by atoms with van der Waals surface area (Å²) in [6.07, 6.45) is -4.87. The second-order valence-corrected chi connectivity index (χ2v) is 2.97. The van der Waals surface area contributed by atoms with Crippen molar-refractivity contribution in [3.8, 4) is 11.6 Å². The Hall–Kier alpha value is -1.37. The van der Waals surface area contributed by atoms with E-state index in [0.717, 1.165) is 6.07 Å². The Bertz CT molecular complexity index is 430. The lowest BCUT2D eigenvalue weighted by Gasteiger charge is -2.10. The predicted octanol–water partition coefficient (Wildman–Crippen LogP) is 2.02. The van der Waals surface area contributed by atoms with Gasteiger partial charge in [0.05, 0.1) is 13.0 Å². The van der Waals surface area contributed by atoms with Crippen LogP contribution in [-0.4, -0.2) is 18.5 Å². The first kappa shape index (κ1) is 12.7. The molecule has 90 valence electrons. The summed E-state index contributed by atoms with van der Waals surface area (Å²) < 4.78 is 43.9. The minimum absolute atomic E-state index is 0.118. The van der Waals surface area contributed by atoms with Crippen LogP contribution in [0.2, 0.25) is 0 Å². The summed E-state index contributed by atoms with van der Waals surface area (Å²) in [4.78, 5) is 13.1. The highest BCUT2D eigenvalue weighted by Crippen LogP contribution is 2.24. The lowest BCUT2D eigenvalue weighted by atomic mass is 10.3. The molecule has 8 heteroatoms. The van der Waals surface area contributed by atoms with Crippen molar-refractivity contribution < 1.29 is 22.6 Å². The van der Waals surface area contributed by atoms with Crippen molar-refractivity contribution in [2.75, 3.05) is 7.11 Å². The highest BCUT2D eigenvalue weighted by molar-refractivity contribution is 6.17. The molecule has 0 saturated carbocycles. The molecule has 1 N–H and O–H groups in total. The number of hydrogen-bond donors (Lipinski definition) is 1. The first-order valence-corrected chi connectivity index (χ1v) is 4.52. The summed E-state index contributed by atoms with van der Waals surface area (Å²) in [5, 5.41) is 0. The van der Waals surface area contributed by atoms with Crippen molar-refractivity contribution in [2.45, 2.75) is 12.2 Å². The highest BCUT2D eigenvalue weighted by Gasteiger charge is 2.32. The molecular formula is C8H7ClF3NO3. The summed E-state index contributed by atoms with van der Waals surface area (Å²) >= 11 is 5.46. The van der Waals surface area contributed by atoms with Gasteiger partial charge in [0.15, 0.2) is 5.75 Å². The van der Waals surface area contributed by atoms with Crippen LogP contribution in [0.25, 0.3) is 0 Å². The molecule has 0 aromatic carbocycles. The molecule has 0 bridgehead atoms. The van der Waals surface area contributed by atoms with Gasteiger partial charge in [-0.3, -0.25) is 9.78 Å². The van der Waals surface area contributed by atoms with Gasteiger partial charge in [-0.25, -0.2) is 0 Å². The zero-order chi connectivity index (χ0) is 12.3. The fraction of sp³-hybridized carbons (Fsp3) is 0.375. The van der Waals surface area contributed by atoms with Crippen molar-refractivity contribution in [1.82, 2.24) is 4.98 Å². The van der Waals surface area contributed by atoms with E-state index in [2.05, 4.69) is 9.47 Å². The maximum atomic E-state index is 11.9.